The van der Waals surface area contributed by atoms with E-state index >= 15 is 0 Å². The largest absolute Gasteiger partial charge is 0.484 e. The molecule has 24 heavy (non-hydrogen) atoms. The van der Waals surface area contributed by atoms with Gasteiger partial charge in [0.1, 0.15) is 5.75 Å². The number of carbonyl (C=O) groups is 1. The van der Waals surface area contributed by atoms with Crippen LogP contribution in [0, 0.1) is 0 Å². The first-order chi connectivity index (χ1) is 11.3. The molecular formula is C15H10Br2ClF2NO3. The van der Waals surface area contributed by atoms with Gasteiger partial charge in [0.15, 0.2) is 12.4 Å². The van der Waals surface area contributed by atoms with Crippen LogP contribution in [0.4, 0.5) is 14.5 Å². The number of ether oxygens (including phenoxy) is 2. The fraction of sp³-hybridized carbons (Fsp3) is 0.133. The predicted octanol–water partition coefficient (Wildman–Crippen LogP) is 5.48. The standard InChI is InChI=1S/C15H10Br2ClF2NO3/c16-8-1-3-10(4-2-8)23-7-13(22)21-12-6-9(18)5-11(17)14(12)24-15(19)20/h1-6,15H,7H2,(H,21,22). The fourth-order valence-electron chi connectivity index (χ4n) is 1.73. The molecule has 1 N–H and O–H groups in total. The van der Waals surface area contributed by atoms with Crippen molar-refractivity contribution in [1.82, 2.24) is 0 Å². The lowest BCUT2D eigenvalue weighted by molar-refractivity contribution is -0.118. The molecular weight excluding hydrogens is 475 g/mol. The highest BCUT2D eigenvalue weighted by molar-refractivity contribution is 9.10. The van der Waals surface area contributed by atoms with E-state index in [0.29, 0.717) is 5.75 Å². The van der Waals surface area contributed by atoms with E-state index in [4.69, 9.17) is 16.3 Å². The second-order valence-corrected chi connectivity index (χ2v) is 6.64. The first-order valence-corrected chi connectivity index (χ1v) is 8.43. The molecule has 0 aromatic heterocycles. The summed E-state index contributed by atoms with van der Waals surface area (Å²) in [5.74, 6) is -0.276. The van der Waals surface area contributed by atoms with E-state index in [1.165, 1.54) is 12.1 Å². The minimum absolute atomic E-state index is 0.0130. The summed E-state index contributed by atoms with van der Waals surface area (Å²) in [6.45, 7) is -3.35. The maximum Gasteiger partial charge on any atom is 0.387 e. The minimum Gasteiger partial charge on any atom is -0.484 e. The van der Waals surface area contributed by atoms with Gasteiger partial charge < -0.3 is 14.8 Å². The number of benzene rings is 2. The number of halogens is 5. The van der Waals surface area contributed by atoms with Crippen molar-refractivity contribution >= 4 is 55.1 Å². The topological polar surface area (TPSA) is 47.6 Å². The van der Waals surface area contributed by atoms with E-state index in [-0.39, 0.29) is 27.5 Å². The first kappa shape index (κ1) is 19.0. The summed E-state index contributed by atoms with van der Waals surface area (Å²) < 4.78 is 35.8. The molecule has 2 aromatic rings. The molecule has 0 saturated heterocycles. The van der Waals surface area contributed by atoms with Gasteiger partial charge in [0.25, 0.3) is 5.91 Å². The molecule has 1 amide bonds. The number of hydrogen-bond donors (Lipinski definition) is 1. The van der Waals surface area contributed by atoms with Gasteiger partial charge in [-0.05, 0) is 52.3 Å². The minimum atomic E-state index is -3.04. The molecule has 128 valence electrons. The van der Waals surface area contributed by atoms with Gasteiger partial charge in [-0.25, -0.2) is 0 Å². The Morgan fingerprint density at radius 3 is 2.50 bits per heavy atom. The molecule has 0 unspecified atom stereocenters. The average Bonchev–Trinajstić information content (AvgIpc) is 2.50. The Morgan fingerprint density at radius 1 is 1.21 bits per heavy atom. The van der Waals surface area contributed by atoms with E-state index in [1.807, 2.05) is 0 Å². The second-order valence-electron chi connectivity index (χ2n) is 4.43. The van der Waals surface area contributed by atoms with Crippen LogP contribution in [-0.2, 0) is 4.79 Å². The smallest absolute Gasteiger partial charge is 0.387 e. The van der Waals surface area contributed by atoms with Crippen LogP contribution in [0.15, 0.2) is 45.3 Å². The summed E-state index contributed by atoms with van der Waals surface area (Å²) in [5.41, 5.74) is 0.0130. The van der Waals surface area contributed by atoms with Crippen molar-refractivity contribution in [2.24, 2.45) is 0 Å². The third kappa shape index (κ3) is 5.61. The number of rotatable bonds is 6. The lowest BCUT2D eigenvalue weighted by atomic mass is 10.3. The Morgan fingerprint density at radius 2 is 1.88 bits per heavy atom. The van der Waals surface area contributed by atoms with Crippen molar-refractivity contribution in [3.8, 4) is 11.5 Å². The van der Waals surface area contributed by atoms with Crippen LogP contribution in [0.5, 0.6) is 11.5 Å². The lowest BCUT2D eigenvalue weighted by Gasteiger charge is -2.14. The summed E-state index contributed by atoms with van der Waals surface area (Å²) in [6, 6.07) is 9.57. The molecule has 0 aliphatic rings. The third-order valence-corrected chi connectivity index (χ3v) is 4.01. The summed E-state index contributed by atoms with van der Waals surface area (Å²) in [6.07, 6.45) is 0. The average molecular weight is 486 g/mol. The molecule has 0 radical (unpaired) electrons. The van der Waals surface area contributed by atoms with Crippen molar-refractivity contribution < 1.29 is 23.0 Å². The Bertz CT molecular complexity index is 729. The molecule has 0 bridgehead atoms. The van der Waals surface area contributed by atoms with Crippen molar-refractivity contribution in [3.63, 3.8) is 0 Å². The SMILES string of the molecule is O=C(COc1ccc(Br)cc1)Nc1cc(Cl)cc(Br)c1OC(F)F. The van der Waals surface area contributed by atoms with Gasteiger partial charge in [-0.3, -0.25) is 4.79 Å². The zero-order valence-electron chi connectivity index (χ0n) is 11.9. The zero-order chi connectivity index (χ0) is 17.7. The fourth-order valence-corrected chi connectivity index (χ4v) is 2.90. The van der Waals surface area contributed by atoms with E-state index in [2.05, 4.69) is 41.9 Å². The number of hydrogen-bond acceptors (Lipinski definition) is 3. The van der Waals surface area contributed by atoms with Crippen LogP contribution in [0.2, 0.25) is 5.02 Å². The number of amides is 1. The van der Waals surface area contributed by atoms with Gasteiger partial charge in [-0.15, -0.1) is 0 Å². The summed E-state index contributed by atoms with van der Waals surface area (Å²) >= 11 is 12.2. The number of alkyl halides is 2. The van der Waals surface area contributed by atoms with Crippen LogP contribution in [0.25, 0.3) is 0 Å². The molecule has 0 atom stereocenters. The van der Waals surface area contributed by atoms with Crippen molar-refractivity contribution in [3.05, 3.63) is 50.4 Å². The molecule has 0 spiro atoms. The molecule has 0 fully saturated rings. The van der Waals surface area contributed by atoms with Crippen LogP contribution in [0.3, 0.4) is 0 Å². The van der Waals surface area contributed by atoms with Crippen LogP contribution in [0.1, 0.15) is 0 Å². The lowest BCUT2D eigenvalue weighted by Crippen LogP contribution is -2.21. The quantitative estimate of drug-likeness (QED) is 0.589. The highest BCUT2D eigenvalue weighted by Gasteiger charge is 2.17. The van der Waals surface area contributed by atoms with Crippen LogP contribution < -0.4 is 14.8 Å². The first-order valence-electron chi connectivity index (χ1n) is 6.47. The summed E-state index contributed by atoms with van der Waals surface area (Å²) in [7, 11) is 0. The molecule has 2 rings (SSSR count). The predicted molar refractivity (Wildman–Crippen MR) is 94.1 cm³/mol. The Kier molecular flexibility index (Phi) is 6.82. The Labute approximate surface area is 158 Å². The van der Waals surface area contributed by atoms with Crippen molar-refractivity contribution in [2.75, 3.05) is 11.9 Å². The highest BCUT2D eigenvalue weighted by Crippen LogP contribution is 2.37. The van der Waals surface area contributed by atoms with Gasteiger partial charge in [0.05, 0.1) is 10.2 Å². The van der Waals surface area contributed by atoms with Gasteiger partial charge in [-0.1, -0.05) is 27.5 Å². The molecule has 4 nitrogen and oxygen atoms in total. The third-order valence-electron chi connectivity index (χ3n) is 2.67. The second kappa shape index (κ2) is 8.64. The van der Waals surface area contributed by atoms with E-state index in [0.717, 1.165) is 4.47 Å². The number of anilines is 1. The molecule has 0 heterocycles. The van der Waals surface area contributed by atoms with Gasteiger partial charge in [0.2, 0.25) is 0 Å². The number of carbonyl (C=O) groups excluding carboxylic acids is 1. The maximum absolute atomic E-state index is 12.5. The monoisotopic (exact) mass is 483 g/mol. The summed E-state index contributed by atoms with van der Waals surface area (Å²) in [5, 5.41) is 2.68. The molecule has 0 aliphatic heterocycles. The molecule has 0 aliphatic carbocycles. The van der Waals surface area contributed by atoms with E-state index in [9.17, 15) is 13.6 Å². The molecule has 2 aromatic carbocycles. The van der Waals surface area contributed by atoms with Crippen LogP contribution in [-0.4, -0.2) is 19.1 Å². The number of nitrogens with one attached hydrogen (secondary N) is 1. The highest BCUT2D eigenvalue weighted by atomic mass is 79.9. The Hall–Kier alpha value is -1.38. The van der Waals surface area contributed by atoms with Crippen LogP contribution >= 0.6 is 43.5 Å². The Balaban J connectivity index is 2.06. The van der Waals surface area contributed by atoms with Gasteiger partial charge in [0, 0.05) is 9.50 Å². The van der Waals surface area contributed by atoms with Gasteiger partial charge in [-0.2, -0.15) is 8.78 Å². The normalized spacial score (nSPS) is 10.6. The van der Waals surface area contributed by atoms with E-state index in [1.54, 1.807) is 24.3 Å². The zero-order valence-corrected chi connectivity index (χ0v) is 15.8. The molecule has 0 saturated carbocycles. The molecule has 9 heteroatoms. The van der Waals surface area contributed by atoms with Crippen molar-refractivity contribution in [1.29, 1.82) is 0 Å². The van der Waals surface area contributed by atoms with E-state index < -0.39 is 12.5 Å². The van der Waals surface area contributed by atoms with Gasteiger partial charge >= 0.3 is 6.61 Å². The maximum atomic E-state index is 12.5. The summed E-state index contributed by atoms with van der Waals surface area (Å²) in [4.78, 5) is 12.0. The van der Waals surface area contributed by atoms with Crippen molar-refractivity contribution in [2.45, 2.75) is 6.61 Å².